The van der Waals surface area contributed by atoms with Gasteiger partial charge >= 0.3 is 0 Å². The van der Waals surface area contributed by atoms with Crippen LogP contribution in [0.25, 0.3) is 0 Å². The summed E-state index contributed by atoms with van der Waals surface area (Å²) in [6.45, 7) is 5.18. The molecule has 21 heavy (non-hydrogen) atoms. The molecule has 2 rings (SSSR count). The average Bonchev–Trinajstić information content (AvgIpc) is 2.85. The molecule has 1 aromatic heterocycles. The summed E-state index contributed by atoms with van der Waals surface area (Å²) < 4.78 is 23.7. The summed E-state index contributed by atoms with van der Waals surface area (Å²) in [5, 5.41) is 12.8. The molecule has 0 amide bonds. The number of aliphatic hydroxyl groups excluding tert-OH is 1. The topological polar surface area (TPSA) is 79.3 Å². The molecule has 0 aliphatic heterocycles. The van der Waals surface area contributed by atoms with Gasteiger partial charge in [-0.1, -0.05) is 6.42 Å². The summed E-state index contributed by atoms with van der Waals surface area (Å²) in [7, 11) is -3.41. The SMILES string of the molecule is CC(C)(C)S(=O)(=O)c1ccc(NC2CCCC2CO)cn1. The zero-order valence-corrected chi connectivity index (χ0v) is 13.7. The van der Waals surface area contributed by atoms with Gasteiger partial charge in [0.25, 0.3) is 0 Å². The lowest BCUT2D eigenvalue weighted by molar-refractivity contribution is 0.222. The first-order chi connectivity index (χ1) is 9.75. The summed E-state index contributed by atoms with van der Waals surface area (Å²) >= 11 is 0. The summed E-state index contributed by atoms with van der Waals surface area (Å²) in [4.78, 5) is 4.10. The van der Waals surface area contributed by atoms with E-state index in [0.29, 0.717) is 0 Å². The van der Waals surface area contributed by atoms with Crippen molar-refractivity contribution in [2.75, 3.05) is 11.9 Å². The first-order valence-corrected chi connectivity index (χ1v) is 8.82. The lowest BCUT2D eigenvalue weighted by atomic mass is 10.1. The van der Waals surface area contributed by atoms with Crippen molar-refractivity contribution in [2.45, 2.75) is 55.8 Å². The fourth-order valence-corrected chi connectivity index (χ4v) is 3.66. The third kappa shape index (κ3) is 3.37. The minimum absolute atomic E-state index is 0.102. The molecular formula is C15H24N2O3S. The number of nitrogens with zero attached hydrogens (tertiary/aromatic N) is 1. The van der Waals surface area contributed by atoms with Crippen LogP contribution in [0.15, 0.2) is 23.4 Å². The molecule has 6 heteroatoms. The van der Waals surface area contributed by atoms with E-state index in [9.17, 15) is 13.5 Å². The maximum atomic E-state index is 12.3. The Morgan fingerprint density at radius 1 is 1.33 bits per heavy atom. The van der Waals surface area contributed by atoms with Gasteiger partial charge in [-0.05, 0) is 45.7 Å². The van der Waals surface area contributed by atoms with E-state index in [0.717, 1.165) is 24.9 Å². The molecule has 5 nitrogen and oxygen atoms in total. The highest BCUT2D eigenvalue weighted by Gasteiger charge is 2.32. The predicted octanol–water partition coefficient (Wildman–Crippen LogP) is 2.23. The number of anilines is 1. The minimum Gasteiger partial charge on any atom is -0.396 e. The van der Waals surface area contributed by atoms with Gasteiger partial charge in [0, 0.05) is 18.6 Å². The molecule has 0 saturated heterocycles. The van der Waals surface area contributed by atoms with Gasteiger partial charge in [-0.2, -0.15) is 0 Å². The Morgan fingerprint density at radius 2 is 2.05 bits per heavy atom. The van der Waals surface area contributed by atoms with E-state index in [-0.39, 0.29) is 23.6 Å². The van der Waals surface area contributed by atoms with Gasteiger partial charge < -0.3 is 10.4 Å². The summed E-state index contributed by atoms with van der Waals surface area (Å²) in [5.74, 6) is 0.267. The van der Waals surface area contributed by atoms with Crippen LogP contribution in [0.2, 0.25) is 0 Å². The van der Waals surface area contributed by atoms with Crippen LogP contribution < -0.4 is 5.32 Å². The molecule has 1 aromatic rings. The first kappa shape index (κ1) is 16.2. The number of rotatable bonds is 4. The number of sulfone groups is 1. The Labute approximate surface area is 126 Å². The molecule has 1 aliphatic rings. The average molecular weight is 312 g/mol. The van der Waals surface area contributed by atoms with Crippen molar-refractivity contribution in [1.82, 2.24) is 4.98 Å². The van der Waals surface area contributed by atoms with Crippen LogP contribution in [0.5, 0.6) is 0 Å². The molecule has 0 radical (unpaired) electrons. The number of aromatic nitrogens is 1. The Hall–Kier alpha value is -1.14. The zero-order chi connectivity index (χ0) is 15.7. The second-order valence-corrected chi connectivity index (χ2v) is 9.28. The van der Waals surface area contributed by atoms with Crippen LogP contribution in [-0.2, 0) is 9.84 Å². The number of nitrogens with one attached hydrogen (secondary N) is 1. The van der Waals surface area contributed by atoms with E-state index >= 15 is 0 Å². The van der Waals surface area contributed by atoms with Crippen molar-refractivity contribution in [1.29, 1.82) is 0 Å². The van der Waals surface area contributed by atoms with Gasteiger partial charge in [-0.15, -0.1) is 0 Å². The Bertz CT molecular complexity index is 576. The van der Waals surface area contributed by atoms with E-state index < -0.39 is 14.6 Å². The van der Waals surface area contributed by atoms with E-state index in [4.69, 9.17) is 0 Å². The zero-order valence-electron chi connectivity index (χ0n) is 12.8. The van der Waals surface area contributed by atoms with Crippen molar-refractivity contribution in [2.24, 2.45) is 5.92 Å². The molecule has 1 saturated carbocycles. The third-order valence-corrected chi connectivity index (χ3v) is 6.47. The maximum absolute atomic E-state index is 12.3. The lowest BCUT2D eigenvalue weighted by Crippen LogP contribution is -2.29. The van der Waals surface area contributed by atoms with Gasteiger partial charge in [0.1, 0.15) is 0 Å². The largest absolute Gasteiger partial charge is 0.396 e. The number of pyridine rings is 1. The van der Waals surface area contributed by atoms with Crippen LogP contribution in [-0.4, -0.2) is 35.9 Å². The second kappa shape index (κ2) is 5.93. The normalized spacial score (nSPS) is 23.2. The molecule has 1 fully saturated rings. The molecule has 0 bridgehead atoms. The van der Waals surface area contributed by atoms with Crippen molar-refractivity contribution in [3.05, 3.63) is 18.3 Å². The highest BCUT2D eigenvalue weighted by molar-refractivity contribution is 7.92. The molecule has 2 N–H and O–H groups in total. The minimum atomic E-state index is -3.41. The molecule has 1 aliphatic carbocycles. The van der Waals surface area contributed by atoms with Crippen LogP contribution in [0.1, 0.15) is 40.0 Å². The fraction of sp³-hybridized carbons (Fsp3) is 0.667. The number of hydrogen-bond donors (Lipinski definition) is 2. The molecule has 0 spiro atoms. The van der Waals surface area contributed by atoms with Crippen molar-refractivity contribution in [3.63, 3.8) is 0 Å². The van der Waals surface area contributed by atoms with E-state index in [1.54, 1.807) is 39.1 Å². The monoisotopic (exact) mass is 312 g/mol. The van der Waals surface area contributed by atoms with Gasteiger partial charge in [0.2, 0.25) is 0 Å². The molecule has 1 heterocycles. The van der Waals surface area contributed by atoms with Crippen molar-refractivity contribution >= 4 is 15.5 Å². The molecular weight excluding hydrogens is 288 g/mol. The van der Waals surface area contributed by atoms with Gasteiger partial charge in [-0.3, -0.25) is 0 Å². The van der Waals surface area contributed by atoms with Crippen molar-refractivity contribution in [3.8, 4) is 0 Å². The highest BCUT2D eigenvalue weighted by atomic mass is 32.2. The molecule has 0 aromatic carbocycles. The lowest BCUT2D eigenvalue weighted by Gasteiger charge is -2.21. The quantitative estimate of drug-likeness (QED) is 0.891. The number of hydrogen-bond acceptors (Lipinski definition) is 5. The van der Waals surface area contributed by atoms with Gasteiger partial charge in [0.15, 0.2) is 14.9 Å². The summed E-state index contributed by atoms with van der Waals surface area (Å²) in [6, 6.07) is 3.53. The molecule has 2 unspecified atom stereocenters. The molecule has 118 valence electrons. The standard InChI is InChI=1S/C15H24N2O3S/c1-15(2,3)21(19,20)14-8-7-12(9-16-14)17-13-6-4-5-11(13)10-18/h7-9,11,13,17-18H,4-6,10H2,1-3H3. The predicted molar refractivity (Wildman–Crippen MR) is 83.0 cm³/mol. The van der Waals surface area contributed by atoms with Crippen LogP contribution in [0.4, 0.5) is 5.69 Å². The Balaban J connectivity index is 2.13. The Kier molecular flexibility index (Phi) is 4.58. The van der Waals surface area contributed by atoms with Crippen LogP contribution >= 0.6 is 0 Å². The number of aliphatic hydroxyl groups is 1. The van der Waals surface area contributed by atoms with E-state index in [1.165, 1.54) is 0 Å². The third-order valence-electron chi connectivity index (χ3n) is 4.06. The van der Waals surface area contributed by atoms with Crippen LogP contribution in [0.3, 0.4) is 0 Å². The first-order valence-electron chi connectivity index (χ1n) is 7.34. The molecule has 2 atom stereocenters. The van der Waals surface area contributed by atoms with Gasteiger partial charge in [-0.25, -0.2) is 13.4 Å². The second-order valence-electron chi connectivity index (χ2n) is 6.63. The smallest absolute Gasteiger partial charge is 0.200 e. The van der Waals surface area contributed by atoms with E-state index in [2.05, 4.69) is 10.3 Å². The fourth-order valence-electron chi connectivity index (χ4n) is 2.60. The van der Waals surface area contributed by atoms with E-state index in [1.807, 2.05) is 0 Å². The van der Waals surface area contributed by atoms with Crippen molar-refractivity contribution < 1.29 is 13.5 Å². The Morgan fingerprint density at radius 3 is 2.57 bits per heavy atom. The maximum Gasteiger partial charge on any atom is 0.200 e. The highest BCUT2D eigenvalue weighted by Crippen LogP contribution is 2.29. The summed E-state index contributed by atoms with van der Waals surface area (Å²) in [6.07, 6.45) is 4.71. The summed E-state index contributed by atoms with van der Waals surface area (Å²) in [5.41, 5.74) is 0.799. The van der Waals surface area contributed by atoms with Crippen LogP contribution in [0, 0.1) is 5.92 Å². The van der Waals surface area contributed by atoms with Gasteiger partial charge in [0.05, 0.1) is 16.6 Å².